The summed E-state index contributed by atoms with van der Waals surface area (Å²) in [5, 5.41) is 0. The SMILES string of the molecule is CC(=O)N1c2ccc(S(=O)(=O)NCCOc3ccc(C)cc3)cc2CC1C. The van der Waals surface area contributed by atoms with Crippen molar-refractivity contribution in [3.8, 4) is 5.75 Å². The van der Waals surface area contributed by atoms with E-state index in [4.69, 9.17) is 4.74 Å². The van der Waals surface area contributed by atoms with Crippen LogP contribution in [0, 0.1) is 6.92 Å². The van der Waals surface area contributed by atoms with Crippen molar-refractivity contribution in [3.63, 3.8) is 0 Å². The van der Waals surface area contributed by atoms with Crippen molar-refractivity contribution in [3.05, 3.63) is 53.6 Å². The van der Waals surface area contributed by atoms with Crippen molar-refractivity contribution in [2.75, 3.05) is 18.1 Å². The molecule has 1 heterocycles. The number of amides is 1. The number of hydrogen-bond donors (Lipinski definition) is 1. The van der Waals surface area contributed by atoms with Gasteiger partial charge in [0.2, 0.25) is 15.9 Å². The van der Waals surface area contributed by atoms with Crippen LogP contribution in [0.25, 0.3) is 0 Å². The minimum absolute atomic E-state index is 0.0336. The summed E-state index contributed by atoms with van der Waals surface area (Å²) < 4.78 is 33.2. The summed E-state index contributed by atoms with van der Waals surface area (Å²) in [5.74, 6) is 0.666. The van der Waals surface area contributed by atoms with Crippen LogP contribution < -0.4 is 14.4 Å². The van der Waals surface area contributed by atoms with E-state index in [0.29, 0.717) is 12.2 Å². The minimum Gasteiger partial charge on any atom is -0.492 e. The topological polar surface area (TPSA) is 75.7 Å². The lowest BCUT2D eigenvalue weighted by Gasteiger charge is -2.20. The fourth-order valence-corrected chi connectivity index (χ4v) is 4.38. The Morgan fingerprint density at radius 3 is 2.59 bits per heavy atom. The first-order chi connectivity index (χ1) is 12.8. The predicted molar refractivity (Wildman–Crippen MR) is 105 cm³/mol. The van der Waals surface area contributed by atoms with Crippen molar-refractivity contribution < 1.29 is 17.9 Å². The minimum atomic E-state index is -3.63. The van der Waals surface area contributed by atoms with Crippen molar-refractivity contribution in [2.45, 2.75) is 38.1 Å². The van der Waals surface area contributed by atoms with Crippen LogP contribution in [0.1, 0.15) is 25.0 Å². The Balaban J connectivity index is 1.63. The fraction of sp³-hybridized carbons (Fsp3) is 0.350. The summed E-state index contributed by atoms with van der Waals surface area (Å²) in [7, 11) is -3.63. The van der Waals surface area contributed by atoms with Gasteiger partial charge in [-0.25, -0.2) is 13.1 Å². The largest absolute Gasteiger partial charge is 0.492 e. The molecule has 0 bridgehead atoms. The maximum absolute atomic E-state index is 12.5. The summed E-state index contributed by atoms with van der Waals surface area (Å²) in [4.78, 5) is 13.7. The first-order valence-corrected chi connectivity index (χ1v) is 10.4. The van der Waals surface area contributed by atoms with Gasteiger partial charge in [0.15, 0.2) is 0 Å². The lowest BCUT2D eigenvalue weighted by atomic mass is 10.1. The smallest absolute Gasteiger partial charge is 0.240 e. The lowest BCUT2D eigenvalue weighted by molar-refractivity contribution is -0.116. The van der Waals surface area contributed by atoms with E-state index in [1.54, 1.807) is 17.0 Å². The van der Waals surface area contributed by atoms with Crippen molar-refractivity contribution in [1.29, 1.82) is 0 Å². The molecule has 7 heteroatoms. The number of carbonyl (C=O) groups is 1. The number of benzene rings is 2. The molecule has 1 unspecified atom stereocenters. The number of hydrogen-bond acceptors (Lipinski definition) is 4. The third-order valence-corrected chi connectivity index (χ3v) is 6.06. The van der Waals surface area contributed by atoms with Crippen LogP contribution in [-0.4, -0.2) is 33.5 Å². The summed E-state index contributed by atoms with van der Waals surface area (Å²) in [6, 6.07) is 12.5. The third-order valence-electron chi connectivity index (χ3n) is 4.60. The first-order valence-electron chi connectivity index (χ1n) is 8.90. The van der Waals surface area contributed by atoms with E-state index in [0.717, 1.165) is 16.8 Å². The van der Waals surface area contributed by atoms with Crippen LogP contribution in [-0.2, 0) is 21.2 Å². The standard InChI is InChI=1S/C20H24N2O4S/c1-14-4-6-18(7-5-14)26-11-10-21-27(24,25)19-8-9-20-17(13-19)12-15(2)22(20)16(3)23/h4-9,13,15,21H,10-12H2,1-3H3. The molecule has 0 spiro atoms. The normalized spacial score (nSPS) is 16.3. The molecule has 3 rings (SSSR count). The number of carbonyl (C=O) groups excluding carboxylic acids is 1. The van der Waals surface area contributed by atoms with Crippen LogP contribution >= 0.6 is 0 Å². The van der Waals surface area contributed by atoms with Crippen molar-refractivity contribution in [1.82, 2.24) is 4.72 Å². The summed E-state index contributed by atoms with van der Waals surface area (Å²) in [5.41, 5.74) is 2.80. The number of fused-ring (bicyclic) bond motifs is 1. The van der Waals surface area contributed by atoms with Crippen LogP contribution in [0.3, 0.4) is 0 Å². The molecule has 1 atom stereocenters. The van der Waals surface area contributed by atoms with Crippen molar-refractivity contribution >= 4 is 21.6 Å². The number of nitrogens with one attached hydrogen (secondary N) is 1. The highest BCUT2D eigenvalue weighted by molar-refractivity contribution is 7.89. The van der Waals surface area contributed by atoms with Gasteiger partial charge in [0.25, 0.3) is 0 Å². The third kappa shape index (κ3) is 4.31. The summed E-state index contributed by atoms with van der Waals surface area (Å²) >= 11 is 0. The second kappa shape index (κ2) is 7.70. The highest BCUT2D eigenvalue weighted by Crippen LogP contribution is 2.33. The zero-order valence-electron chi connectivity index (χ0n) is 15.7. The van der Waals surface area contributed by atoms with E-state index in [-0.39, 0.29) is 30.0 Å². The number of anilines is 1. The molecule has 27 heavy (non-hydrogen) atoms. The van der Waals surface area contributed by atoms with E-state index < -0.39 is 10.0 Å². The van der Waals surface area contributed by atoms with Gasteiger partial charge >= 0.3 is 0 Å². The van der Waals surface area contributed by atoms with Crippen LogP contribution in [0.5, 0.6) is 5.75 Å². The number of aryl methyl sites for hydroxylation is 1. The molecule has 1 N–H and O–H groups in total. The maximum Gasteiger partial charge on any atom is 0.240 e. The van der Waals surface area contributed by atoms with Gasteiger partial charge in [-0.3, -0.25) is 4.79 Å². The van der Waals surface area contributed by atoms with Gasteiger partial charge in [-0.15, -0.1) is 0 Å². The average molecular weight is 388 g/mol. The Labute approximate surface area is 160 Å². The molecule has 144 valence electrons. The zero-order chi connectivity index (χ0) is 19.6. The molecular formula is C20H24N2O4S. The quantitative estimate of drug-likeness (QED) is 0.772. The second-order valence-electron chi connectivity index (χ2n) is 6.79. The van der Waals surface area contributed by atoms with Gasteiger partial charge in [-0.1, -0.05) is 17.7 Å². The number of sulfonamides is 1. The van der Waals surface area contributed by atoms with E-state index in [1.807, 2.05) is 38.1 Å². The Morgan fingerprint density at radius 1 is 1.22 bits per heavy atom. The Hall–Kier alpha value is -2.38. The average Bonchev–Trinajstić information content (AvgIpc) is 2.95. The van der Waals surface area contributed by atoms with Crippen molar-refractivity contribution in [2.24, 2.45) is 0 Å². The molecule has 1 amide bonds. The van der Waals surface area contributed by atoms with E-state index in [2.05, 4.69) is 4.72 Å². The lowest BCUT2D eigenvalue weighted by Crippen LogP contribution is -2.33. The second-order valence-corrected chi connectivity index (χ2v) is 8.56. The Bertz CT molecular complexity index is 939. The Kier molecular flexibility index (Phi) is 5.53. The summed E-state index contributed by atoms with van der Waals surface area (Å²) in [6.45, 7) is 5.87. The summed E-state index contributed by atoms with van der Waals surface area (Å²) in [6.07, 6.45) is 0.648. The molecule has 1 aliphatic rings. The van der Waals surface area contributed by atoms with Gasteiger partial charge in [0.1, 0.15) is 12.4 Å². The fourth-order valence-electron chi connectivity index (χ4n) is 3.32. The number of nitrogens with zero attached hydrogens (tertiary/aromatic N) is 1. The molecule has 6 nitrogen and oxygen atoms in total. The van der Waals surface area contributed by atoms with Gasteiger partial charge < -0.3 is 9.64 Å². The monoisotopic (exact) mass is 388 g/mol. The van der Waals surface area contributed by atoms with E-state index in [1.165, 1.54) is 13.0 Å². The van der Waals surface area contributed by atoms with Crippen LogP contribution in [0.4, 0.5) is 5.69 Å². The van der Waals surface area contributed by atoms with Gasteiger partial charge in [-0.2, -0.15) is 0 Å². The van der Waals surface area contributed by atoms with Crippen LogP contribution in [0.15, 0.2) is 47.4 Å². The molecule has 0 saturated carbocycles. The number of rotatable bonds is 6. The first kappa shape index (κ1) is 19.4. The van der Waals surface area contributed by atoms with Gasteiger partial charge in [-0.05, 0) is 56.2 Å². The van der Waals surface area contributed by atoms with Crippen LogP contribution in [0.2, 0.25) is 0 Å². The Morgan fingerprint density at radius 2 is 1.93 bits per heavy atom. The molecule has 0 aliphatic carbocycles. The maximum atomic E-state index is 12.5. The molecule has 1 aliphatic heterocycles. The molecule has 2 aromatic carbocycles. The van der Waals surface area contributed by atoms with E-state index in [9.17, 15) is 13.2 Å². The number of ether oxygens (including phenoxy) is 1. The van der Waals surface area contributed by atoms with Gasteiger partial charge in [0.05, 0.1) is 4.90 Å². The molecule has 0 fully saturated rings. The molecular weight excluding hydrogens is 364 g/mol. The molecule has 0 radical (unpaired) electrons. The van der Waals surface area contributed by atoms with Gasteiger partial charge in [0, 0.05) is 25.2 Å². The van der Waals surface area contributed by atoms with E-state index >= 15 is 0 Å². The predicted octanol–water partition coefficient (Wildman–Crippen LogP) is 2.65. The molecule has 2 aromatic rings. The zero-order valence-corrected chi connectivity index (χ0v) is 16.5. The molecule has 0 aromatic heterocycles. The highest BCUT2D eigenvalue weighted by Gasteiger charge is 2.30. The highest BCUT2D eigenvalue weighted by atomic mass is 32.2. The molecule has 0 saturated heterocycles.